The summed E-state index contributed by atoms with van der Waals surface area (Å²) in [4.78, 5) is 32.7. The number of ether oxygens (including phenoxy) is 3. The molecule has 12 heteroatoms. The number of nitrogens with one attached hydrogen (secondary N) is 1. The van der Waals surface area contributed by atoms with E-state index in [0.29, 0.717) is 36.9 Å². The number of anilines is 1. The zero-order chi connectivity index (χ0) is 45.3. The Hall–Kier alpha value is -4.61. The third-order valence-electron chi connectivity index (χ3n) is 14.1. The molecule has 1 heterocycles. The fraction of sp³-hybridized carbons (Fsp3) is 0.519. The molecular formula is C52H63ClF3N3O5. The highest BCUT2D eigenvalue weighted by Crippen LogP contribution is 2.58. The molecule has 8 nitrogen and oxygen atoms in total. The van der Waals surface area contributed by atoms with Crippen LogP contribution in [0.4, 0.5) is 18.9 Å². The summed E-state index contributed by atoms with van der Waals surface area (Å²) in [6, 6.07) is 24.5. The lowest BCUT2D eigenvalue weighted by molar-refractivity contribution is -0.174. The zero-order valence-corrected chi connectivity index (χ0v) is 38.2. The minimum atomic E-state index is -5.26. The molecule has 0 saturated heterocycles. The number of hydrogen-bond acceptors (Lipinski definition) is 7. The number of hydrogen-bond donors (Lipinski definition) is 1. The van der Waals surface area contributed by atoms with Crippen molar-refractivity contribution in [2.75, 3.05) is 38.3 Å². The molecule has 344 valence electrons. The van der Waals surface area contributed by atoms with Gasteiger partial charge in [-0.2, -0.15) is 13.2 Å². The minimum absolute atomic E-state index is 0.0415. The number of halogens is 4. The number of fused-ring (bicyclic) bond motifs is 3. The van der Waals surface area contributed by atoms with Crippen molar-refractivity contribution in [3.63, 3.8) is 0 Å². The predicted octanol–water partition coefficient (Wildman–Crippen LogP) is 11.5. The number of carbonyl (C=O) groups excluding carboxylic acids is 2. The van der Waals surface area contributed by atoms with Crippen molar-refractivity contribution in [2.45, 2.75) is 127 Å². The highest BCUT2D eigenvalue weighted by Gasteiger charge is 2.60. The molecule has 64 heavy (non-hydrogen) atoms. The highest BCUT2D eigenvalue weighted by atomic mass is 35.5. The van der Waals surface area contributed by atoms with E-state index in [4.69, 9.17) is 25.8 Å². The largest absolute Gasteiger partial charge is 0.494 e. The first kappa shape index (κ1) is 47.4. The number of benzene rings is 3. The second kappa shape index (κ2) is 21.1. The number of amides is 1. The first-order valence-corrected chi connectivity index (χ1v) is 23.6. The van der Waals surface area contributed by atoms with Gasteiger partial charge >= 0.3 is 18.1 Å². The van der Waals surface area contributed by atoms with Crippen molar-refractivity contribution in [3.8, 4) is 11.5 Å². The van der Waals surface area contributed by atoms with E-state index < -0.39 is 29.0 Å². The van der Waals surface area contributed by atoms with E-state index in [1.54, 1.807) is 0 Å². The Morgan fingerprint density at radius 3 is 2.44 bits per heavy atom. The average Bonchev–Trinajstić information content (AvgIpc) is 3.57. The molecule has 3 aliphatic rings. The van der Waals surface area contributed by atoms with Gasteiger partial charge in [0.25, 0.3) is 0 Å². The van der Waals surface area contributed by atoms with E-state index in [2.05, 4.69) is 60.5 Å². The van der Waals surface area contributed by atoms with Crippen molar-refractivity contribution < 1.29 is 37.0 Å². The normalized spacial score (nSPS) is 22.0. The molecule has 0 aliphatic heterocycles. The van der Waals surface area contributed by atoms with Crippen LogP contribution in [0.5, 0.6) is 11.5 Å². The van der Waals surface area contributed by atoms with Gasteiger partial charge in [0.2, 0.25) is 0 Å². The molecule has 1 fully saturated rings. The maximum Gasteiger partial charge on any atom is 0.471 e. The van der Waals surface area contributed by atoms with Crippen molar-refractivity contribution in [2.24, 2.45) is 11.8 Å². The number of unbranched alkanes of at least 4 members (excludes halogenated alkanes) is 2. The number of aryl methyl sites for hydroxylation is 2. The Kier molecular flexibility index (Phi) is 15.6. The van der Waals surface area contributed by atoms with Crippen LogP contribution in [-0.2, 0) is 39.0 Å². The van der Waals surface area contributed by atoms with Crippen LogP contribution in [0.25, 0.3) is 0 Å². The number of methoxy groups -OCH3 is 1. The number of pyridine rings is 1. The predicted molar refractivity (Wildman–Crippen MR) is 245 cm³/mol. The number of esters is 1. The molecular weight excluding hydrogens is 839 g/mol. The molecule has 4 aromatic rings. The lowest BCUT2D eigenvalue weighted by atomic mass is 9.59. The van der Waals surface area contributed by atoms with Crippen LogP contribution >= 0.6 is 11.6 Å². The van der Waals surface area contributed by atoms with Crippen molar-refractivity contribution in [1.82, 2.24) is 10.3 Å². The summed E-state index contributed by atoms with van der Waals surface area (Å²) in [5, 5.41) is 3.70. The summed E-state index contributed by atoms with van der Waals surface area (Å²) in [6.07, 6.45) is 7.14. The second-order valence-corrected chi connectivity index (χ2v) is 18.8. The topological polar surface area (TPSA) is 90.0 Å². The van der Waals surface area contributed by atoms with Gasteiger partial charge in [0.1, 0.15) is 17.0 Å². The van der Waals surface area contributed by atoms with Crippen LogP contribution in [0.1, 0.15) is 118 Å². The van der Waals surface area contributed by atoms with E-state index in [1.165, 1.54) is 41.0 Å². The number of nitrogens with zero attached hydrogens (tertiary/aromatic N) is 2. The molecule has 3 atom stereocenters. The van der Waals surface area contributed by atoms with E-state index in [1.807, 2.05) is 24.4 Å². The maximum absolute atomic E-state index is 14.5. The van der Waals surface area contributed by atoms with Crippen LogP contribution in [0, 0.1) is 11.8 Å². The number of carbonyl (C=O) groups is 2. The maximum atomic E-state index is 14.5. The Morgan fingerprint density at radius 1 is 0.938 bits per heavy atom. The summed E-state index contributed by atoms with van der Waals surface area (Å²) < 4.78 is 61.7. The summed E-state index contributed by atoms with van der Waals surface area (Å²) in [5.41, 5.74) is 3.43. The Bertz CT molecular complexity index is 2190. The van der Waals surface area contributed by atoms with Crippen LogP contribution in [0.2, 0.25) is 5.02 Å². The molecule has 0 bridgehead atoms. The van der Waals surface area contributed by atoms with E-state index in [0.717, 1.165) is 107 Å². The molecule has 1 spiro atoms. The first-order chi connectivity index (χ1) is 30.8. The fourth-order valence-corrected chi connectivity index (χ4v) is 11.0. The molecule has 1 saturated carbocycles. The quantitative estimate of drug-likeness (QED) is 0.0740. The van der Waals surface area contributed by atoms with E-state index >= 15 is 0 Å². The van der Waals surface area contributed by atoms with Crippen LogP contribution in [-0.4, -0.2) is 62.0 Å². The Balaban J connectivity index is 1.08. The third-order valence-corrected chi connectivity index (χ3v) is 14.3. The molecule has 3 aromatic carbocycles. The lowest BCUT2D eigenvalue weighted by Gasteiger charge is -2.51. The molecule has 1 aromatic heterocycles. The van der Waals surface area contributed by atoms with E-state index in [-0.39, 0.29) is 35.4 Å². The molecule has 7 rings (SSSR count). The summed E-state index contributed by atoms with van der Waals surface area (Å²) >= 11 is 6.29. The number of aromatic nitrogens is 1. The Labute approximate surface area is 381 Å². The highest BCUT2D eigenvalue weighted by molar-refractivity contribution is 6.31. The SMILES string of the molecule is COC(=O)C1(N(C(=O)C(F)(F)F)c2cccc(Cl)c2)CCC2(CC1)c1cc(OCCCCNCCCCc3ccccc3)ccc1C[C@@H]2C[C@@H](C)COc1ccnc2c1[C@H](C)CCC2. The average molecular weight is 903 g/mol. The molecule has 1 amide bonds. The van der Waals surface area contributed by atoms with Crippen molar-refractivity contribution in [3.05, 3.63) is 118 Å². The standard InChI is InChI=1S/C52H63ClF3N3O5/c1-36(35-64-46-22-29-58-45-19-11-13-37(2)47(45)46)31-40-32-39-20-21-43(63-30-10-9-28-57-27-8-7-16-38-14-5-4-6-15-38)34-44(39)50(40)23-25-51(26-24-50,49(61)62-3)59(48(60)52(54,55)56)42-18-12-17-41(53)33-42/h4-6,12,14-15,17-18,20-22,29,33-34,36-37,40,57H,7-11,13,16,19,23-28,30-32,35H2,1-3H3/t36-,37-,40+,50?,51?/m1/s1. The second-order valence-electron chi connectivity index (χ2n) is 18.4. The smallest absolute Gasteiger partial charge is 0.471 e. The molecule has 3 aliphatic carbocycles. The molecule has 0 unspecified atom stereocenters. The fourth-order valence-electron chi connectivity index (χ4n) is 10.8. The van der Waals surface area contributed by atoms with Gasteiger partial charge in [-0.05, 0) is 179 Å². The Morgan fingerprint density at radius 2 is 1.70 bits per heavy atom. The molecule has 0 radical (unpaired) electrons. The number of alkyl halides is 3. The van der Waals surface area contributed by atoms with Crippen LogP contribution in [0.3, 0.4) is 0 Å². The third kappa shape index (κ3) is 10.7. The first-order valence-electron chi connectivity index (χ1n) is 23.2. The monoisotopic (exact) mass is 901 g/mol. The van der Waals surface area contributed by atoms with Gasteiger partial charge in [-0.25, -0.2) is 4.79 Å². The summed E-state index contributed by atoms with van der Waals surface area (Å²) in [7, 11) is 1.16. The lowest BCUT2D eigenvalue weighted by Crippen LogP contribution is -2.63. The van der Waals surface area contributed by atoms with Gasteiger partial charge in [-0.3, -0.25) is 14.7 Å². The van der Waals surface area contributed by atoms with Gasteiger partial charge in [0.15, 0.2) is 0 Å². The van der Waals surface area contributed by atoms with Gasteiger partial charge in [0.05, 0.1) is 20.3 Å². The summed E-state index contributed by atoms with van der Waals surface area (Å²) in [6.45, 7) is 7.36. The van der Waals surface area contributed by atoms with Gasteiger partial charge in [-0.15, -0.1) is 0 Å². The van der Waals surface area contributed by atoms with Crippen molar-refractivity contribution in [1.29, 1.82) is 0 Å². The zero-order valence-electron chi connectivity index (χ0n) is 37.5. The van der Waals surface area contributed by atoms with E-state index in [9.17, 15) is 22.8 Å². The van der Waals surface area contributed by atoms with Gasteiger partial charge in [0, 0.05) is 28.2 Å². The summed E-state index contributed by atoms with van der Waals surface area (Å²) in [5.74, 6) is -0.782. The van der Waals surface area contributed by atoms with Crippen LogP contribution in [0.15, 0.2) is 85.1 Å². The van der Waals surface area contributed by atoms with Crippen LogP contribution < -0.4 is 19.7 Å². The van der Waals surface area contributed by atoms with Gasteiger partial charge in [-0.1, -0.05) is 67.9 Å². The van der Waals surface area contributed by atoms with Crippen molar-refractivity contribution >= 4 is 29.2 Å². The van der Waals surface area contributed by atoms with Gasteiger partial charge < -0.3 is 19.5 Å². The number of rotatable bonds is 19. The molecule has 1 N–H and O–H groups in total. The minimum Gasteiger partial charge on any atom is -0.494 e.